The molecule has 0 aliphatic heterocycles. The van der Waals surface area contributed by atoms with Crippen LogP contribution in [0.1, 0.15) is 41.4 Å². The van der Waals surface area contributed by atoms with Crippen LogP contribution in [0.15, 0.2) is 133 Å². The Balaban J connectivity index is 1.47. The topological polar surface area (TPSA) is 105 Å². The summed E-state index contributed by atoms with van der Waals surface area (Å²) >= 11 is 0. The Kier molecular flexibility index (Phi) is 9.24. The summed E-state index contributed by atoms with van der Waals surface area (Å²) in [6.07, 6.45) is 0. The van der Waals surface area contributed by atoms with E-state index in [-0.39, 0.29) is 0 Å². The van der Waals surface area contributed by atoms with Gasteiger partial charge in [-0.1, -0.05) is 72.8 Å². The first kappa shape index (κ1) is 35.7. The average molecular weight is 739 g/mol. The summed E-state index contributed by atoms with van der Waals surface area (Å²) < 4.78 is 19.9. The third kappa shape index (κ3) is 6.07. The summed E-state index contributed by atoms with van der Waals surface area (Å²) in [5, 5.41) is 6.07. The minimum Gasteiger partial charge on any atom is -0.465 e. The zero-order chi connectivity index (χ0) is 39.1. The van der Waals surface area contributed by atoms with Gasteiger partial charge < -0.3 is 18.9 Å². The van der Waals surface area contributed by atoms with Crippen LogP contribution in [-0.2, 0) is 18.9 Å². The molecule has 0 spiro atoms. The summed E-state index contributed by atoms with van der Waals surface area (Å²) in [6.45, 7) is 0. The van der Waals surface area contributed by atoms with E-state index >= 15 is 0 Å². The molecule has 8 aromatic carbocycles. The van der Waals surface area contributed by atoms with E-state index in [0.717, 1.165) is 76.8 Å². The van der Waals surface area contributed by atoms with Crippen LogP contribution in [0.2, 0.25) is 0 Å². The second-order valence-corrected chi connectivity index (χ2v) is 13.3. The van der Waals surface area contributed by atoms with Crippen LogP contribution in [0.4, 0.5) is 0 Å². The maximum atomic E-state index is 12.4. The zero-order valence-corrected chi connectivity index (χ0v) is 31.0. The van der Waals surface area contributed by atoms with Gasteiger partial charge in [0.05, 0.1) is 50.7 Å². The molecule has 0 unspecified atom stereocenters. The Morgan fingerprint density at radius 1 is 0.304 bits per heavy atom. The monoisotopic (exact) mass is 738 g/mol. The van der Waals surface area contributed by atoms with E-state index < -0.39 is 23.9 Å². The SMILES string of the molecule is COC(=O)c1ccc(-c2cc(-c3ccc(C(=O)OC)cc3)c3ccc4c(-c5ccc(C(=O)OC)cc5)cc(-c5ccc(C(=O)OC)cc5)c5ccc2c3c54)cc1. The summed E-state index contributed by atoms with van der Waals surface area (Å²) in [7, 11) is 5.44. The number of ether oxygens (including phenoxy) is 4. The van der Waals surface area contributed by atoms with Crippen molar-refractivity contribution in [1.82, 2.24) is 0 Å². The fraction of sp³-hybridized carbons (Fsp3) is 0.0833. The number of rotatable bonds is 8. The average Bonchev–Trinajstić information content (AvgIpc) is 3.26. The molecule has 0 saturated carbocycles. The predicted molar refractivity (Wildman–Crippen MR) is 217 cm³/mol. The third-order valence-corrected chi connectivity index (χ3v) is 10.4. The van der Waals surface area contributed by atoms with Gasteiger partial charge in [0.1, 0.15) is 0 Å². The molecule has 0 atom stereocenters. The van der Waals surface area contributed by atoms with E-state index in [9.17, 15) is 19.2 Å². The number of carbonyl (C=O) groups is 4. The van der Waals surface area contributed by atoms with Gasteiger partial charge >= 0.3 is 23.9 Å². The molecular formula is C48H34O8. The molecule has 8 heteroatoms. The number of carbonyl (C=O) groups excluding carboxylic acids is 4. The molecule has 0 aromatic heterocycles. The van der Waals surface area contributed by atoms with Crippen LogP contribution in [0.5, 0.6) is 0 Å². The van der Waals surface area contributed by atoms with Crippen molar-refractivity contribution in [2.24, 2.45) is 0 Å². The molecule has 8 rings (SSSR count). The summed E-state index contributed by atoms with van der Waals surface area (Å²) in [5.41, 5.74) is 9.19. The lowest BCUT2D eigenvalue weighted by Gasteiger charge is -2.21. The van der Waals surface area contributed by atoms with Gasteiger partial charge in [0.15, 0.2) is 0 Å². The molecule has 0 amide bonds. The van der Waals surface area contributed by atoms with E-state index in [1.807, 2.05) is 48.5 Å². The van der Waals surface area contributed by atoms with Crippen LogP contribution in [0.25, 0.3) is 76.8 Å². The summed E-state index contributed by atoms with van der Waals surface area (Å²) in [4.78, 5) is 49.5. The highest BCUT2D eigenvalue weighted by atomic mass is 16.5. The first-order valence-corrected chi connectivity index (χ1v) is 17.8. The molecule has 56 heavy (non-hydrogen) atoms. The Labute approximate surface area is 322 Å². The van der Waals surface area contributed by atoms with Gasteiger partial charge in [-0.25, -0.2) is 19.2 Å². The normalized spacial score (nSPS) is 11.1. The fourth-order valence-corrected chi connectivity index (χ4v) is 7.56. The molecule has 0 saturated heterocycles. The van der Waals surface area contributed by atoms with Crippen molar-refractivity contribution in [3.8, 4) is 44.5 Å². The van der Waals surface area contributed by atoms with Crippen molar-refractivity contribution in [2.75, 3.05) is 28.4 Å². The number of hydrogen-bond donors (Lipinski definition) is 0. The highest BCUT2D eigenvalue weighted by Crippen LogP contribution is 2.48. The standard InChI is InChI=1S/C48H34O8/c1-53-45(49)31-13-5-27(6-14-31)39-25-40(28-7-15-32(16-8-28)46(50)54-2)36-23-24-38-42(30-11-19-34(20-12-30)48(52)56-4)26-41(37-22-21-35(39)43(36)44(37)38)29-9-17-33(18-10-29)47(51)55-3/h5-26H,1-4H3. The molecule has 0 heterocycles. The molecule has 0 N–H and O–H groups in total. The molecule has 0 radical (unpaired) electrons. The fourth-order valence-electron chi connectivity index (χ4n) is 7.56. The van der Waals surface area contributed by atoms with Crippen molar-refractivity contribution in [3.05, 3.63) is 156 Å². The molecular weight excluding hydrogens is 705 g/mol. The minimum absolute atomic E-state index is 0.419. The van der Waals surface area contributed by atoms with Crippen molar-refractivity contribution in [1.29, 1.82) is 0 Å². The number of esters is 4. The maximum Gasteiger partial charge on any atom is 0.337 e. The Morgan fingerprint density at radius 2 is 0.500 bits per heavy atom. The van der Waals surface area contributed by atoms with E-state index in [0.29, 0.717) is 22.3 Å². The molecule has 8 nitrogen and oxygen atoms in total. The van der Waals surface area contributed by atoms with Gasteiger partial charge in [0, 0.05) is 0 Å². The van der Waals surface area contributed by atoms with Crippen LogP contribution in [0.3, 0.4) is 0 Å². The molecule has 274 valence electrons. The second-order valence-electron chi connectivity index (χ2n) is 13.3. The summed E-state index contributed by atoms with van der Waals surface area (Å²) in [5.74, 6) is -1.68. The molecule has 0 fully saturated rings. The highest BCUT2D eigenvalue weighted by Gasteiger charge is 2.22. The van der Waals surface area contributed by atoms with Gasteiger partial charge in [-0.2, -0.15) is 0 Å². The second kappa shape index (κ2) is 14.5. The lowest BCUT2D eigenvalue weighted by atomic mass is 9.81. The Morgan fingerprint density at radius 3 is 0.679 bits per heavy atom. The minimum atomic E-state index is -0.419. The number of benzene rings is 8. The van der Waals surface area contributed by atoms with Crippen LogP contribution < -0.4 is 0 Å². The van der Waals surface area contributed by atoms with Crippen LogP contribution in [0, 0.1) is 0 Å². The van der Waals surface area contributed by atoms with Gasteiger partial charge in [-0.3, -0.25) is 0 Å². The van der Waals surface area contributed by atoms with Gasteiger partial charge in [-0.15, -0.1) is 0 Å². The van der Waals surface area contributed by atoms with Crippen LogP contribution in [-0.4, -0.2) is 52.3 Å². The van der Waals surface area contributed by atoms with Gasteiger partial charge in [0.25, 0.3) is 0 Å². The number of methoxy groups -OCH3 is 4. The third-order valence-electron chi connectivity index (χ3n) is 10.4. The van der Waals surface area contributed by atoms with Crippen molar-refractivity contribution in [3.63, 3.8) is 0 Å². The van der Waals surface area contributed by atoms with E-state index in [1.165, 1.54) is 28.4 Å². The predicted octanol–water partition coefficient (Wildman–Crippen LogP) is 10.4. The van der Waals surface area contributed by atoms with Crippen molar-refractivity contribution in [2.45, 2.75) is 0 Å². The van der Waals surface area contributed by atoms with Crippen molar-refractivity contribution >= 4 is 56.2 Å². The van der Waals surface area contributed by atoms with E-state index in [1.54, 1.807) is 48.5 Å². The Bertz CT molecular complexity index is 2430. The molecule has 8 aromatic rings. The first-order valence-electron chi connectivity index (χ1n) is 17.8. The molecule has 0 aliphatic rings. The van der Waals surface area contributed by atoms with E-state index in [4.69, 9.17) is 18.9 Å². The molecule has 0 aliphatic carbocycles. The highest BCUT2D eigenvalue weighted by molar-refractivity contribution is 6.32. The maximum absolute atomic E-state index is 12.4. The zero-order valence-electron chi connectivity index (χ0n) is 31.0. The molecule has 0 bridgehead atoms. The van der Waals surface area contributed by atoms with Gasteiger partial charge in [-0.05, 0) is 137 Å². The summed E-state index contributed by atoms with van der Waals surface area (Å²) in [6, 6.07) is 42.3. The lowest BCUT2D eigenvalue weighted by molar-refractivity contribution is 0.0592. The van der Waals surface area contributed by atoms with Gasteiger partial charge in [0.2, 0.25) is 0 Å². The first-order chi connectivity index (χ1) is 27.2. The van der Waals surface area contributed by atoms with Crippen LogP contribution >= 0.6 is 0 Å². The van der Waals surface area contributed by atoms with E-state index in [2.05, 4.69) is 36.4 Å². The smallest absolute Gasteiger partial charge is 0.337 e. The lowest BCUT2D eigenvalue weighted by Crippen LogP contribution is -2.01. The quantitative estimate of drug-likeness (QED) is 0.0862. The Hall–Kier alpha value is -7.32. The van der Waals surface area contributed by atoms with Crippen molar-refractivity contribution < 1.29 is 38.1 Å². The number of hydrogen-bond acceptors (Lipinski definition) is 8. The largest absolute Gasteiger partial charge is 0.465 e.